The lowest BCUT2D eigenvalue weighted by Crippen LogP contribution is -2.62. The highest BCUT2D eigenvalue weighted by atomic mass is 35.5. The minimum atomic E-state index is -1.70. The maximum absolute atomic E-state index is 14.4. The van der Waals surface area contributed by atoms with Crippen LogP contribution in [0.25, 0.3) is 0 Å². The second-order valence-electron chi connectivity index (χ2n) is 20.0. The molecule has 29 nitrogen and oxygen atoms in total. The molecule has 1 aromatic rings. The number of hydrogen-bond donors (Lipinski definition) is 18. The molecule has 0 bridgehead atoms. The van der Waals surface area contributed by atoms with Gasteiger partial charge in [0.05, 0.1) is 12.2 Å². The molecule has 1 aliphatic heterocycles. The van der Waals surface area contributed by atoms with Crippen molar-refractivity contribution in [2.75, 3.05) is 39.3 Å². The number of nitrogens with two attached hydrogens (primary N) is 5. The summed E-state index contributed by atoms with van der Waals surface area (Å²) in [6.07, 6.45) is -0.00813. The van der Waals surface area contributed by atoms with Crippen molar-refractivity contribution in [3.8, 4) is 0 Å². The molecule has 2 rings (SSSR count). The maximum atomic E-state index is 14.4. The Morgan fingerprint density at radius 3 is 1.61 bits per heavy atom. The van der Waals surface area contributed by atoms with Gasteiger partial charge in [-0.25, -0.2) is 0 Å². The van der Waals surface area contributed by atoms with Crippen LogP contribution in [-0.2, 0) is 59.2 Å². The van der Waals surface area contributed by atoms with Crippen LogP contribution in [-0.4, -0.2) is 187 Å². The second-order valence-corrected chi connectivity index (χ2v) is 20.0. The molecule has 12 atom stereocenters. The van der Waals surface area contributed by atoms with Crippen LogP contribution in [0.3, 0.4) is 0 Å². The number of aliphatic hydroxyl groups excluding tert-OH is 2. The van der Waals surface area contributed by atoms with E-state index in [0.717, 1.165) is 25.7 Å². The van der Waals surface area contributed by atoms with E-state index in [1.165, 1.54) is 20.8 Å². The lowest BCUT2D eigenvalue weighted by Gasteiger charge is -2.28. The van der Waals surface area contributed by atoms with Crippen molar-refractivity contribution in [3.05, 3.63) is 35.9 Å². The first-order chi connectivity index (χ1) is 38.5. The zero-order valence-electron chi connectivity index (χ0n) is 47.4. The van der Waals surface area contributed by atoms with Crippen LogP contribution >= 0.6 is 12.4 Å². The Bertz CT molecular complexity index is 2220. The highest BCUT2D eigenvalue weighted by Gasteiger charge is 2.37. The van der Waals surface area contributed by atoms with Crippen molar-refractivity contribution in [1.29, 1.82) is 0 Å². The first kappa shape index (κ1) is 73.4. The van der Waals surface area contributed by atoms with Gasteiger partial charge in [0.15, 0.2) is 0 Å². The average molecular weight is 1180 g/mol. The van der Waals surface area contributed by atoms with Crippen molar-refractivity contribution in [2.24, 2.45) is 28.7 Å². The monoisotopic (exact) mass is 1180 g/mol. The molecule has 464 valence electrons. The van der Waals surface area contributed by atoms with Crippen molar-refractivity contribution in [3.63, 3.8) is 0 Å². The van der Waals surface area contributed by atoms with Gasteiger partial charge in [-0.2, -0.15) is 0 Å². The number of carbonyl (C=O) groups excluding carboxylic acids is 11. The van der Waals surface area contributed by atoms with E-state index in [9.17, 15) is 63.0 Å². The Morgan fingerprint density at radius 2 is 1.09 bits per heavy atom. The van der Waals surface area contributed by atoms with E-state index in [2.05, 4.69) is 65.4 Å². The number of nitrogens with one attached hydrogen (secondary N) is 11. The summed E-state index contributed by atoms with van der Waals surface area (Å²) in [7, 11) is 0. The lowest BCUT2D eigenvalue weighted by atomic mass is 10.0. The Kier molecular flexibility index (Phi) is 35.6. The molecule has 30 heteroatoms. The lowest BCUT2D eigenvalue weighted by molar-refractivity contribution is -0.137. The molecule has 11 amide bonds. The van der Waals surface area contributed by atoms with Crippen molar-refractivity contribution >= 4 is 77.4 Å². The van der Waals surface area contributed by atoms with Gasteiger partial charge in [0.2, 0.25) is 65.0 Å². The topological polar surface area (TPSA) is 491 Å². The van der Waals surface area contributed by atoms with Crippen LogP contribution in [0.2, 0.25) is 0 Å². The van der Waals surface area contributed by atoms with E-state index in [4.69, 9.17) is 28.7 Å². The Morgan fingerprint density at radius 1 is 0.585 bits per heavy atom. The van der Waals surface area contributed by atoms with Crippen molar-refractivity contribution in [1.82, 2.24) is 58.5 Å². The second kappa shape index (κ2) is 39.8. The van der Waals surface area contributed by atoms with E-state index >= 15 is 0 Å². The summed E-state index contributed by atoms with van der Waals surface area (Å²) in [6.45, 7) is 4.61. The number of benzene rings is 1. The molecular weight excluding hydrogens is 1090 g/mol. The largest absolute Gasteiger partial charge is 0.391 e. The molecule has 1 aromatic carbocycles. The summed E-state index contributed by atoms with van der Waals surface area (Å²) >= 11 is 0. The normalized spacial score (nSPS) is 22.7. The number of halogens is 1. The van der Waals surface area contributed by atoms with E-state index in [1.54, 1.807) is 30.3 Å². The summed E-state index contributed by atoms with van der Waals surface area (Å²) in [5.41, 5.74) is 29.7. The molecule has 1 saturated heterocycles. The van der Waals surface area contributed by atoms with Crippen molar-refractivity contribution < 1.29 is 63.0 Å². The number of aliphatic hydroxyl groups is 2. The number of carbonyl (C=O) groups is 11. The zero-order valence-corrected chi connectivity index (χ0v) is 48.2. The van der Waals surface area contributed by atoms with Gasteiger partial charge >= 0.3 is 0 Å². The first-order valence-electron chi connectivity index (χ1n) is 27.8. The molecule has 1 heterocycles. The molecule has 0 spiro atoms. The van der Waals surface area contributed by atoms with Gasteiger partial charge in [0.25, 0.3) is 0 Å². The quantitative estimate of drug-likeness (QED) is 0.0365. The van der Waals surface area contributed by atoms with E-state index < -0.39 is 151 Å². The molecule has 1 aliphatic rings. The van der Waals surface area contributed by atoms with Crippen LogP contribution in [0.4, 0.5) is 0 Å². The summed E-state index contributed by atoms with van der Waals surface area (Å²) in [6, 6.07) is -6.29. The Hall–Kier alpha value is -6.60. The van der Waals surface area contributed by atoms with Crippen LogP contribution in [0.1, 0.15) is 110 Å². The molecular formula is C52H91ClN16O13. The number of unbranched alkanes of at least 4 members (excludes halogenated alkanes) is 4. The Balaban J connectivity index is 0.0000336. The van der Waals surface area contributed by atoms with Gasteiger partial charge in [-0.3, -0.25) is 52.7 Å². The number of rotatable bonds is 27. The Labute approximate surface area is 484 Å². The summed E-state index contributed by atoms with van der Waals surface area (Å²) in [4.78, 5) is 152. The van der Waals surface area contributed by atoms with Crippen molar-refractivity contribution in [2.45, 2.75) is 184 Å². The van der Waals surface area contributed by atoms with Crippen LogP contribution in [0.5, 0.6) is 0 Å². The van der Waals surface area contributed by atoms with Gasteiger partial charge in [-0.15, -0.1) is 12.4 Å². The highest BCUT2D eigenvalue weighted by molar-refractivity contribution is 5.99. The summed E-state index contributed by atoms with van der Waals surface area (Å²) in [5, 5.41) is 49.1. The van der Waals surface area contributed by atoms with Gasteiger partial charge in [-0.05, 0) is 104 Å². The van der Waals surface area contributed by atoms with Gasteiger partial charge in [0, 0.05) is 19.4 Å². The predicted molar refractivity (Wildman–Crippen MR) is 305 cm³/mol. The third-order valence-electron chi connectivity index (χ3n) is 13.1. The summed E-state index contributed by atoms with van der Waals surface area (Å²) < 4.78 is 0. The molecule has 0 unspecified atom stereocenters. The fourth-order valence-electron chi connectivity index (χ4n) is 8.46. The molecule has 23 N–H and O–H groups in total. The molecule has 82 heavy (non-hydrogen) atoms. The number of amides is 11. The molecule has 0 saturated carbocycles. The summed E-state index contributed by atoms with van der Waals surface area (Å²) in [5.74, 6) is -9.83. The van der Waals surface area contributed by atoms with E-state index in [-0.39, 0.29) is 90.1 Å². The SMILES string of the molecule is CCCCCCCC(=O)N[C@@H](CCN)C(=O)N[C@H](C(=O)N[C@@H](CCN)C(=O)N[C@H]1CCNC(=O)[C@H]([C@@H](C)O)NC(=O)[C@H](CCN)NC(=O)[C@H](CCN)NC(=O)[C@H](C)NC(=O)[C@@H](Cc2ccccc2)NC(=O)[C@H](CCN)NC1=O)[C@@H](C)O.Cl. The van der Waals surface area contributed by atoms with Gasteiger partial charge < -0.3 is 97.4 Å². The maximum Gasteiger partial charge on any atom is 0.245 e. The fraction of sp³-hybridized carbons (Fsp3) is 0.673. The molecule has 0 radical (unpaired) electrons. The minimum Gasteiger partial charge on any atom is -0.391 e. The number of hydrogen-bond acceptors (Lipinski definition) is 18. The fourth-order valence-corrected chi connectivity index (χ4v) is 8.46. The predicted octanol–water partition coefficient (Wildman–Crippen LogP) is -6.10. The molecule has 0 aromatic heterocycles. The third-order valence-corrected chi connectivity index (χ3v) is 13.1. The van der Waals surface area contributed by atoms with Crippen LogP contribution < -0.4 is 87.2 Å². The zero-order chi connectivity index (χ0) is 60.6. The standard InChI is InChI=1S/C52H90N16O13.ClH/c1-5-6-7-8-12-15-40(71)60-33(16-22-53)48(77)68-42(31(4)70)52(81)65-36(19-25-56)45(74)64-38-21-27-58-51(80)41(30(3)69)67-49(78)37(20-26-57)63-44(73)34(17-23-54)61-43(72)29(2)59-50(79)39(28-32-13-10-9-11-14-32)66-46(75)35(18-24-55)62-47(38)76;/h9-11,13-14,29-31,33-39,41-42,69-70H,5-8,12,15-28,53-57H2,1-4H3,(H,58,80)(H,59,79)(H,60,71)(H,61,72)(H,62,76)(H,63,73)(H,64,74)(H,65,81)(H,66,75)(H,67,78)(H,68,77);1H/t29-,30+,31+,33-,34-,35-,36-,37-,38-,39+,41-,42-;/m0./s1. The van der Waals surface area contributed by atoms with Crippen LogP contribution in [0.15, 0.2) is 30.3 Å². The average Bonchev–Trinajstić information content (AvgIpc) is 3.48. The highest BCUT2D eigenvalue weighted by Crippen LogP contribution is 2.10. The van der Waals surface area contributed by atoms with Crippen LogP contribution in [0, 0.1) is 0 Å². The van der Waals surface area contributed by atoms with Gasteiger partial charge in [0.1, 0.15) is 60.4 Å². The van der Waals surface area contributed by atoms with Gasteiger partial charge in [-0.1, -0.05) is 62.9 Å². The van der Waals surface area contributed by atoms with E-state index in [1.807, 2.05) is 0 Å². The third kappa shape index (κ3) is 26.1. The molecule has 1 fully saturated rings. The molecule has 0 aliphatic carbocycles. The first-order valence-corrected chi connectivity index (χ1v) is 27.8. The minimum absolute atomic E-state index is 0. The smallest absolute Gasteiger partial charge is 0.245 e. The van der Waals surface area contributed by atoms with E-state index in [0.29, 0.717) is 12.0 Å².